The van der Waals surface area contributed by atoms with E-state index in [-0.39, 0.29) is 12.5 Å². The Morgan fingerprint density at radius 3 is 2.74 bits per heavy atom. The zero-order valence-electron chi connectivity index (χ0n) is 11.6. The lowest BCUT2D eigenvalue weighted by molar-refractivity contribution is -0.0609. The van der Waals surface area contributed by atoms with Gasteiger partial charge in [0, 0.05) is 7.11 Å². The zero-order valence-corrected chi connectivity index (χ0v) is 11.6. The van der Waals surface area contributed by atoms with Gasteiger partial charge in [-0.05, 0) is 38.5 Å². The minimum absolute atomic E-state index is 0.105. The van der Waals surface area contributed by atoms with Gasteiger partial charge in [0.25, 0.3) is 0 Å². The highest BCUT2D eigenvalue weighted by Crippen LogP contribution is 2.40. The molecule has 0 unspecified atom stereocenters. The maximum atomic E-state index is 11.5. The Labute approximate surface area is 112 Å². The average Bonchev–Trinajstić information content (AvgIpc) is 2.91. The van der Waals surface area contributed by atoms with Crippen molar-refractivity contribution in [3.05, 3.63) is 11.7 Å². The molecule has 1 aliphatic carbocycles. The van der Waals surface area contributed by atoms with Crippen LogP contribution < -0.4 is 0 Å². The molecule has 106 valence electrons. The number of rotatable bonds is 4. The lowest BCUT2D eigenvalue weighted by Crippen LogP contribution is -2.34. The Kier molecular flexibility index (Phi) is 4.19. The van der Waals surface area contributed by atoms with Crippen molar-refractivity contribution < 1.29 is 18.8 Å². The third kappa shape index (κ3) is 2.78. The quantitative estimate of drug-likeness (QED) is 0.780. The van der Waals surface area contributed by atoms with E-state index < -0.39 is 11.6 Å². The molecule has 6 heteroatoms. The summed E-state index contributed by atoms with van der Waals surface area (Å²) in [7, 11) is 1.65. The van der Waals surface area contributed by atoms with Crippen LogP contribution in [0.1, 0.15) is 56.0 Å². The number of esters is 1. The lowest BCUT2D eigenvalue weighted by Gasteiger charge is -2.35. The van der Waals surface area contributed by atoms with Gasteiger partial charge in [0.15, 0.2) is 0 Å². The molecule has 0 bridgehead atoms. The molecule has 0 radical (unpaired) electrons. The van der Waals surface area contributed by atoms with Gasteiger partial charge in [-0.1, -0.05) is 12.1 Å². The van der Waals surface area contributed by atoms with Crippen LogP contribution in [0.5, 0.6) is 0 Å². The normalized spacial score (nSPS) is 27.2. The number of methoxy groups -OCH3 is 1. The second-order valence-electron chi connectivity index (χ2n) is 5.02. The third-order valence-corrected chi connectivity index (χ3v) is 3.76. The SMILES string of the molecule is CCOC(=O)c1nc(C2(OC)CCC(C)CC2)no1. The zero-order chi connectivity index (χ0) is 13.9. The fourth-order valence-electron chi connectivity index (χ4n) is 2.43. The molecular weight excluding hydrogens is 248 g/mol. The molecule has 19 heavy (non-hydrogen) atoms. The summed E-state index contributed by atoms with van der Waals surface area (Å²) in [6.07, 6.45) is 3.78. The standard InChI is InChI=1S/C13H20N2O4/c1-4-18-11(16)10-14-12(15-19-10)13(17-3)7-5-9(2)6-8-13/h9H,4-8H2,1-3H3. The summed E-state index contributed by atoms with van der Waals surface area (Å²) in [5, 5.41) is 3.90. The molecule has 0 aromatic carbocycles. The van der Waals surface area contributed by atoms with Gasteiger partial charge in [0.2, 0.25) is 5.82 Å². The minimum Gasteiger partial charge on any atom is -0.459 e. The van der Waals surface area contributed by atoms with Crippen molar-refractivity contribution in [3.63, 3.8) is 0 Å². The van der Waals surface area contributed by atoms with Gasteiger partial charge in [0.1, 0.15) is 5.60 Å². The van der Waals surface area contributed by atoms with Gasteiger partial charge in [-0.25, -0.2) is 4.79 Å². The first-order valence-electron chi connectivity index (χ1n) is 6.67. The molecule has 2 rings (SSSR count). The first-order valence-corrected chi connectivity index (χ1v) is 6.67. The number of aromatic nitrogens is 2. The molecule has 1 heterocycles. The van der Waals surface area contributed by atoms with E-state index in [0.717, 1.165) is 25.7 Å². The van der Waals surface area contributed by atoms with Crippen LogP contribution in [0.15, 0.2) is 4.52 Å². The number of hydrogen-bond donors (Lipinski definition) is 0. The highest BCUT2D eigenvalue weighted by atomic mass is 16.6. The van der Waals surface area contributed by atoms with E-state index >= 15 is 0 Å². The van der Waals surface area contributed by atoms with Crippen LogP contribution in [0.25, 0.3) is 0 Å². The molecule has 1 saturated carbocycles. The van der Waals surface area contributed by atoms with Gasteiger partial charge < -0.3 is 14.0 Å². The number of ether oxygens (including phenoxy) is 2. The van der Waals surface area contributed by atoms with E-state index in [1.165, 1.54) is 0 Å². The number of carbonyl (C=O) groups excluding carboxylic acids is 1. The molecule has 0 aliphatic heterocycles. The van der Waals surface area contributed by atoms with Crippen LogP contribution in [0.4, 0.5) is 0 Å². The average molecular weight is 268 g/mol. The molecule has 0 spiro atoms. The Morgan fingerprint density at radius 2 is 2.16 bits per heavy atom. The monoisotopic (exact) mass is 268 g/mol. The summed E-state index contributed by atoms with van der Waals surface area (Å²) in [4.78, 5) is 15.7. The smallest absolute Gasteiger partial charge is 0.397 e. The van der Waals surface area contributed by atoms with Crippen molar-refractivity contribution in [2.24, 2.45) is 5.92 Å². The van der Waals surface area contributed by atoms with E-state index in [1.807, 2.05) is 0 Å². The molecule has 1 aromatic rings. The van der Waals surface area contributed by atoms with Gasteiger partial charge in [0.05, 0.1) is 6.61 Å². The molecule has 0 saturated heterocycles. The first-order chi connectivity index (χ1) is 9.11. The number of nitrogens with zero attached hydrogens (tertiary/aromatic N) is 2. The van der Waals surface area contributed by atoms with Crippen LogP contribution in [0.2, 0.25) is 0 Å². The van der Waals surface area contributed by atoms with E-state index in [4.69, 9.17) is 14.0 Å². The summed E-state index contributed by atoms with van der Waals surface area (Å²) in [5.41, 5.74) is -0.527. The first kappa shape index (κ1) is 14.0. The third-order valence-electron chi connectivity index (χ3n) is 3.76. The topological polar surface area (TPSA) is 74.5 Å². The second kappa shape index (κ2) is 5.69. The van der Waals surface area contributed by atoms with Crippen LogP contribution in [-0.2, 0) is 15.1 Å². The summed E-state index contributed by atoms with van der Waals surface area (Å²) < 4.78 is 15.4. The highest BCUT2D eigenvalue weighted by Gasteiger charge is 2.40. The van der Waals surface area contributed by atoms with Gasteiger partial charge >= 0.3 is 11.9 Å². The van der Waals surface area contributed by atoms with Gasteiger partial charge in [-0.15, -0.1) is 0 Å². The number of carbonyl (C=O) groups is 1. The van der Waals surface area contributed by atoms with E-state index in [2.05, 4.69) is 17.1 Å². The Morgan fingerprint density at radius 1 is 1.47 bits per heavy atom. The minimum atomic E-state index is -0.586. The molecule has 0 amide bonds. The molecule has 0 N–H and O–H groups in total. The van der Waals surface area contributed by atoms with Crippen molar-refractivity contribution in [1.29, 1.82) is 0 Å². The summed E-state index contributed by atoms with van der Waals surface area (Å²) >= 11 is 0. The van der Waals surface area contributed by atoms with Crippen LogP contribution in [0.3, 0.4) is 0 Å². The molecular formula is C13H20N2O4. The van der Waals surface area contributed by atoms with Crippen LogP contribution in [-0.4, -0.2) is 29.8 Å². The summed E-state index contributed by atoms with van der Waals surface area (Å²) in [6, 6.07) is 0. The largest absolute Gasteiger partial charge is 0.459 e. The fourth-order valence-corrected chi connectivity index (χ4v) is 2.43. The molecule has 1 aliphatic rings. The fraction of sp³-hybridized carbons (Fsp3) is 0.769. The Bertz CT molecular complexity index is 436. The van der Waals surface area contributed by atoms with E-state index in [0.29, 0.717) is 11.7 Å². The molecule has 1 fully saturated rings. The van der Waals surface area contributed by atoms with Crippen molar-refractivity contribution in [3.8, 4) is 0 Å². The lowest BCUT2D eigenvalue weighted by atomic mass is 9.79. The number of hydrogen-bond acceptors (Lipinski definition) is 6. The van der Waals surface area contributed by atoms with Gasteiger partial charge in [-0.3, -0.25) is 0 Å². The van der Waals surface area contributed by atoms with Crippen molar-refractivity contribution in [1.82, 2.24) is 10.1 Å². The predicted octanol–water partition coefficient (Wildman–Crippen LogP) is 2.30. The summed E-state index contributed by atoms with van der Waals surface area (Å²) in [5.74, 6) is 0.438. The van der Waals surface area contributed by atoms with Crippen molar-refractivity contribution in [2.75, 3.05) is 13.7 Å². The Hall–Kier alpha value is -1.43. The van der Waals surface area contributed by atoms with Crippen molar-refractivity contribution in [2.45, 2.75) is 45.1 Å². The van der Waals surface area contributed by atoms with Crippen LogP contribution in [0, 0.1) is 5.92 Å². The maximum Gasteiger partial charge on any atom is 0.397 e. The molecule has 6 nitrogen and oxygen atoms in total. The molecule has 0 atom stereocenters. The molecule has 1 aromatic heterocycles. The van der Waals surface area contributed by atoms with E-state index in [1.54, 1.807) is 14.0 Å². The highest BCUT2D eigenvalue weighted by molar-refractivity contribution is 5.83. The second-order valence-corrected chi connectivity index (χ2v) is 5.02. The van der Waals surface area contributed by atoms with Crippen LogP contribution >= 0.6 is 0 Å². The predicted molar refractivity (Wildman–Crippen MR) is 66.6 cm³/mol. The summed E-state index contributed by atoms with van der Waals surface area (Å²) in [6.45, 7) is 4.23. The van der Waals surface area contributed by atoms with Gasteiger partial charge in [-0.2, -0.15) is 4.98 Å². The maximum absolute atomic E-state index is 11.5. The van der Waals surface area contributed by atoms with Crippen molar-refractivity contribution >= 4 is 5.97 Å². The Balaban J connectivity index is 2.18. The van der Waals surface area contributed by atoms with E-state index in [9.17, 15) is 4.79 Å².